The van der Waals surface area contributed by atoms with Crippen LogP contribution < -0.4 is 0 Å². The van der Waals surface area contributed by atoms with Gasteiger partial charge in [-0.3, -0.25) is 0 Å². The fourth-order valence-corrected chi connectivity index (χ4v) is 8.28. The summed E-state index contributed by atoms with van der Waals surface area (Å²) in [5, 5.41) is 11.8. The van der Waals surface area contributed by atoms with Gasteiger partial charge in [-0.2, -0.15) is 0 Å². The van der Waals surface area contributed by atoms with Gasteiger partial charge in [0.1, 0.15) is 11.2 Å². The minimum atomic E-state index is 0.801. The van der Waals surface area contributed by atoms with Gasteiger partial charge in [-0.15, -0.1) is 0 Å². The number of fused-ring (bicyclic) bond motifs is 12. The van der Waals surface area contributed by atoms with Crippen molar-refractivity contribution in [3.63, 3.8) is 0 Å². The summed E-state index contributed by atoms with van der Waals surface area (Å²) in [4.78, 5) is 0. The average molecular weight is 637 g/mol. The molecule has 0 atom stereocenters. The minimum absolute atomic E-state index is 0.801. The highest BCUT2D eigenvalue weighted by molar-refractivity contribution is 6.33. The maximum Gasteiger partial charge on any atom is 0.179 e. The topological polar surface area (TPSA) is 26.3 Å². The van der Waals surface area contributed by atoms with Crippen LogP contribution in [0, 0.1) is 0 Å². The first-order valence-electron chi connectivity index (χ1n) is 17.1. The van der Waals surface area contributed by atoms with Gasteiger partial charge >= 0.3 is 0 Å². The van der Waals surface area contributed by atoms with Crippen LogP contribution in [-0.2, 0) is 0 Å². The molecular formula is C48H28O2. The number of para-hydroxylation sites is 1. The van der Waals surface area contributed by atoms with E-state index in [2.05, 4.69) is 158 Å². The van der Waals surface area contributed by atoms with Crippen LogP contribution in [0.4, 0.5) is 0 Å². The molecule has 0 bridgehead atoms. The normalized spacial score (nSPS) is 12.0. The van der Waals surface area contributed by atoms with Crippen molar-refractivity contribution < 1.29 is 8.83 Å². The molecule has 2 nitrogen and oxygen atoms in total. The first-order valence-corrected chi connectivity index (χ1v) is 17.1. The average Bonchev–Trinajstić information content (AvgIpc) is 3.77. The second-order valence-corrected chi connectivity index (χ2v) is 13.1. The lowest BCUT2D eigenvalue weighted by Gasteiger charge is -2.18. The maximum atomic E-state index is 6.60. The van der Waals surface area contributed by atoms with Crippen molar-refractivity contribution >= 4 is 76.2 Å². The molecule has 0 aliphatic carbocycles. The van der Waals surface area contributed by atoms with E-state index in [1.807, 2.05) is 12.1 Å². The molecule has 0 unspecified atom stereocenters. The van der Waals surface area contributed by atoms with Crippen LogP contribution in [0.5, 0.6) is 0 Å². The Morgan fingerprint density at radius 3 is 1.24 bits per heavy atom. The summed E-state index contributed by atoms with van der Waals surface area (Å²) in [5.41, 5.74) is 10.6. The SMILES string of the molecule is c1ccc(-c2c3ccccc3c(-c3ccc(-c4ccc5oc6c7oc8ccccc8c7c7ccccc7c6c5c4)cc3)c3ccccc23)cc1. The van der Waals surface area contributed by atoms with Gasteiger partial charge in [0.25, 0.3) is 0 Å². The van der Waals surface area contributed by atoms with Gasteiger partial charge < -0.3 is 8.83 Å². The third-order valence-electron chi connectivity index (χ3n) is 10.5. The van der Waals surface area contributed by atoms with Crippen LogP contribution in [0.15, 0.2) is 179 Å². The van der Waals surface area contributed by atoms with Crippen LogP contribution in [0.2, 0.25) is 0 Å². The van der Waals surface area contributed by atoms with E-state index in [9.17, 15) is 0 Å². The van der Waals surface area contributed by atoms with Crippen molar-refractivity contribution in [2.24, 2.45) is 0 Å². The highest BCUT2D eigenvalue weighted by Gasteiger charge is 2.21. The van der Waals surface area contributed by atoms with Crippen LogP contribution in [0.1, 0.15) is 0 Å². The van der Waals surface area contributed by atoms with Gasteiger partial charge in [0.05, 0.1) is 0 Å². The molecule has 2 heterocycles. The van der Waals surface area contributed by atoms with Crippen LogP contribution in [-0.4, -0.2) is 0 Å². The summed E-state index contributed by atoms with van der Waals surface area (Å²) in [6.07, 6.45) is 0. The largest absolute Gasteiger partial charge is 0.452 e. The van der Waals surface area contributed by atoms with Gasteiger partial charge in [-0.05, 0) is 83.9 Å². The lowest BCUT2D eigenvalue weighted by atomic mass is 9.86. The second kappa shape index (κ2) is 10.4. The first-order chi connectivity index (χ1) is 24.8. The lowest BCUT2D eigenvalue weighted by Crippen LogP contribution is -1.90. The number of hydrogen-bond donors (Lipinski definition) is 0. The number of furan rings is 2. The van der Waals surface area contributed by atoms with E-state index in [1.54, 1.807) is 0 Å². The molecule has 0 amide bonds. The molecule has 2 aromatic heterocycles. The van der Waals surface area contributed by atoms with E-state index in [0.717, 1.165) is 55.0 Å². The Kier molecular flexibility index (Phi) is 5.70. The van der Waals surface area contributed by atoms with Crippen molar-refractivity contribution in [3.8, 4) is 33.4 Å². The summed E-state index contributed by atoms with van der Waals surface area (Å²) in [5.74, 6) is 0. The predicted molar refractivity (Wildman–Crippen MR) is 210 cm³/mol. The first kappa shape index (κ1) is 27.3. The third-order valence-corrected chi connectivity index (χ3v) is 10.5. The third kappa shape index (κ3) is 3.85. The molecule has 2 heteroatoms. The smallest absolute Gasteiger partial charge is 0.179 e. The molecular weight excluding hydrogens is 609 g/mol. The highest BCUT2D eigenvalue weighted by atomic mass is 16.4. The molecule has 0 aliphatic heterocycles. The Morgan fingerprint density at radius 2 is 0.660 bits per heavy atom. The molecule has 0 spiro atoms. The minimum Gasteiger partial charge on any atom is -0.452 e. The zero-order valence-corrected chi connectivity index (χ0v) is 27.0. The van der Waals surface area contributed by atoms with E-state index in [-0.39, 0.29) is 0 Å². The van der Waals surface area contributed by atoms with Gasteiger partial charge in [-0.25, -0.2) is 0 Å². The molecule has 11 aromatic rings. The summed E-state index contributed by atoms with van der Waals surface area (Å²) in [7, 11) is 0. The molecule has 232 valence electrons. The molecule has 0 aliphatic rings. The van der Waals surface area contributed by atoms with Crippen molar-refractivity contribution in [2.75, 3.05) is 0 Å². The van der Waals surface area contributed by atoms with Crippen LogP contribution in [0.25, 0.3) is 110 Å². The van der Waals surface area contributed by atoms with Gasteiger partial charge in [-0.1, -0.05) is 152 Å². The Bertz CT molecular complexity index is 3070. The fourth-order valence-electron chi connectivity index (χ4n) is 8.28. The summed E-state index contributed by atoms with van der Waals surface area (Å²) in [6.45, 7) is 0. The molecule has 50 heavy (non-hydrogen) atoms. The lowest BCUT2D eigenvalue weighted by molar-refractivity contribution is 0.633. The van der Waals surface area contributed by atoms with Gasteiger partial charge in [0.2, 0.25) is 0 Å². The number of benzene rings is 9. The summed E-state index contributed by atoms with van der Waals surface area (Å²) >= 11 is 0. The maximum absolute atomic E-state index is 6.60. The monoisotopic (exact) mass is 636 g/mol. The van der Waals surface area contributed by atoms with E-state index in [0.29, 0.717) is 0 Å². The fraction of sp³-hybridized carbons (Fsp3) is 0. The Balaban J connectivity index is 1.10. The predicted octanol–water partition coefficient (Wildman–Crippen LogP) is 13.9. The van der Waals surface area contributed by atoms with Crippen molar-refractivity contribution in [1.29, 1.82) is 0 Å². The van der Waals surface area contributed by atoms with Gasteiger partial charge in [0.15, 0.2) is 11.2 Å². The Labute approximate surface area is 287 Å². The second-order valence-electron chi connectivity index (χ2n) is 13.1. The Hall–Kier alpha value is -6.64. The van der Waals surface area contributed by atoms with Crippen LogP contribution >= 0.6 is 0 Å². The zero-order valence-electron chi connectivity index (χ0n) is 27.0. The molecule has 0 N–H and O–H groups in total. The Morgan fingerprint density at radius 1 is 0.260 bits per heavy atom. The number of hydrogen-bond acceptors (Lipinski definition) is 2. The number of rotatable bonds is 3. The standard InChI is InChI=1S/C48H28O2/c1-2-12-30(13-3-1)43-33-14-4-6-16-35(33)44(36-17-7-5-15-34(36)43)31-24-22-29(23-25-31)32-26-27-42-40(28-32)46-38-19-9-8-18-37(38)45-39-20-10-11-21-41(39)49-47(45)48(46)50-42/h1-28H. The highest BCUT2D eigenvalue weighted by Crippen LogP contribution is 2.46. The molecule has 0 fully saturated rings. The molecule has 0 radical (unpaired) electrons. The van der Waals surface area contributed by atoms with Crippen molar-refractivity contribution in [2.45, 2.75) is 0 Å². The molecule has 11 rings (SSSR count). The molecule has 0 saturated carbocycles. The van der Waals surface area contributed by atoms with Crippen LogP contribution in [0.3, 0.4) is 0 Å². The molecule has 0 saturated heterocycles. The summed E-state index contributed by atoms with van der Waals surface area (Å²) in [6, 6.07) is 60.8. The van der Waals surface area contributed by atoms with Crippen molar-refractivity contribution in [3.05, 3.63) is 170 Å². The summed E-state index contributed by atoms with van der Waals surface area (Å²) < 4.78 is 13.1. The van der Waals surface area contributed by atoms with E-state index in [4.69, 9.17) is 8.83 Å². The molecule has 9 aromatic carbocycles. The zero-order chi connectivity index (χ0) is 32.8. The van der Waals surface area contributed by atoms with Crippen molar-refractivity contribution in [1.82, 2.24) is 0 Å². The van der Waals surface area contributed by atoms with Gasteiger partial charge in [0, 0.05) is 21.5 Å². The quantitative estimate of drug-likeness (QED) is 0.180. The van der Waals surface area contributed by atoms with E-state index < -0.39 is 0 Å². The van der Waals surface area contributed by atoms with E-state index in [1.165, 1.54) is 54.6 Å². The van der Waals surface area contributed by atoms with E-state index >= 15 is 0 Å².